The van der Waals surface area contributed by atoms with E-state index in [0.29, 0.717) is 24.4 Å². The zero-order valence-corrected chi connectivity index (χ0v) is 18.6. The summed E-state index contributed by atoms with van der Waals surface area (Å²) in [5, 5.41) is 6.25. The number of ether oxygens (including phenoxy) is 1. The molecule has 0 aromatic heterocycles. The number of guanidine groups is 1. The van der Waals surface area contributed by atoms with Crippen LogP contribution in [0.3, 0.4) is 0 Å². The van der Waals surface area contributed by atoms with Gasteiger partial charge in [-0.3, -0.25) is 9.79 Å². The zero-order chi connectivity index (χ0) is 19.1. The zero-order valence-electron chi connectivity index (χ0n) is 16.3. The quantitative estimate of drug-likeness (QED) is 0.291. The number of carbonyl (C=O) groups is 1. The molecule has 6 nitrogen and oxygen atoms in total. The molecule has 7 heteroatoms. The molecule has 1 heterocycles. The molecule has 2 aromatic rings. The number of fused-ring (bicyclic) bond motifs is 1. The number of hydrogen-bond donors (Lipinski definition) is 2. The summed E-state index contributed by atoms with van der Waals surface area (Å²) in [6.07, 6.45) is 1.02. The molecule has 1 aliphatic heterocycles. The van der Waals surface area contributed by atoms with Crippen LogP contribution in [-0.2, 0) is 13.0 Å². The van der Waals surface area contributed by atoms with Crippen molar-refractivity contribution in [2.45, 2.75) is 13.0 Å². The van der Waals surface area contributed by atoms with Crippen LogP contribution in [0.1, 0.15) is 21.5 Å². The number of nitrogens with zero attached hydrogens (tertiary/aromatic N) is 2. The van der Waals surface area contributed by atoms with Gasteiger partial charge in [0.1, 0.15) is 5.75 Å². The van der Waals surface area contributed by atoms with Crippen LogP contribution >= 0.6 is 24.0 Å². The highest BCUT2D eigenvalue weighted by atomic mass is 127. The predicted molar refractivity (Wildman–Crippen MR) is 123 cm³/mol. The molecule has 0 aliphatic carbocycles. The van der Waals surface area contributed by atoms with Crippen LogP contribution in [0, 0.1) is 0 Å². The van der Waals surface area contributed by atoms with E-state index in [-0.39, 0.29) is 29.9 Å². The van der Waals surface area contributed by atoms with Gasteiger partial charge in [-0.1, -0.05) is 30.3 Å². The smallest absolute Gasteiger partial charge is 0.251 e. The maximum Gasteiger partial charge on any atom is 0.251 e. The van der Waals surface area contributed by atoms with E-state index in [1.165, 1.54) is 11.1 Å². The van der Waals surface area contributed by atoms with Gasteiger partial charge in [-0.15, -0.1) is 24.0 Å². The Hall–Kier alpha value is -2.29. The molecule has 0 spiro atoms. The van der Waals surface area contributed by atoms with E-state index in [1.807, 2.05) is 12.1 Å². The fraction of sp³-hybridized carbons (Fsp3) is 0.333. The molecular weight excluding hydrogens is 467 g/mol. The van der Waals surface area contributed by atoms with Crippen molar-refractivity contribution in [1.82, 2.24) is 15.5 Å². The molecule has 0 saturated heterocycles. The normalized spacial score (nSPS) is 13.2. The summed E-state index contributed by atoms with van der Waals surface area (Å²) < 4.78 is 5.16. The molecule has 1 aliphatic rings. The average molecular weight is 494 g/mol. The third-order valence-electron chi connectivity index (χ3n) is 4.67. The molecule has 0 fully saturated rings. The molecule has 0 bridgehead atoms. The van der Waals surface area contributed by atoms with Crippen molar-refractivity contribution >= 4 is 35.8 Å². The second-order valence-electron chi connectivity index (χ2n) is 6.40. The fourth-order valence-corrected chi connectivity index (χ4v) is 3.23. The lowest BCUT2D eigenvalue weighted by Gasteiger charge is -2.31. The van der Waals surface area contributed by atoms with Crippen LogP contribution in [0.15, 0.2) is 53.5 Å². The van der Waals surface area contributed by atoms with Crippen molar-refractivity contribution < 1.29 is 9.53 Å². The van der Waals surface area contributed by atoms with Gasteiger partial charge < -0.3 is 20.3 Å². The molecule has 0 unspecified atom stereocenters. The first kappa shape index (κ1) is 22.0. The van der Waals surface area contributed by atoms with E-state index in [9.17, 15) is 4.79 Å². The summed E-state index contributed by atoms with van der Waals surface area (Å²) in [6.45, 7) is 2.92. The van der Waals surface area contributed by atoms with Gasteiger partial charge in [-0.2, -0.15) is 0 Å². The van der Waals surface area contributed by atoms with Crippen LogP contribution in [0.2, 0.25) is 0 Å². The summed E-state index contributed by atoms with van der Waals surface area (Å²) in [4.78, 5) is 18.9. The van der Waals surface area contributed by atoms with Crippen molar-refractivity contribution in [2.24, 2.45) is 4.99 Å². The molecule has 2 N–H and O–H groups in total. The van der Waals surface area contributed by atoms with Gasteiger partial charge in [0.25, 0.3) is 5.91 Å². The summed E-state index contributed by atoms with van der Waals surface area (Å²) >= 11 is 0. The van der Waals surface area contributed by atoms with Crippen LogP contribution < -0.4 is 15.4 Å². The highest BCUT2D eigenvalue weighted by Gasteiger charge is 2.18. The number of nitrogens with one attached hydrogen (secondary N) is 2. The number of hydrogen-bond acceptors (Lipinski definition) is 3. The molecule has 0 radical (unpaired) electrons. The van der Waals surface area contributed by atoms with E-state index in [4.69, 9.17) is 4.74 Å². The van der Waals surface area contributed by atoms with Crippen LogP contribution in [0.5, 0.6) is 5.75 Å². The third-order valence-corrected chi connectivity index (χ3v) is 4.67. The van der Waals surface area contributed by atoms with E-state index in [0.717, 1.165) is 25.5 Å². The van der Waals surface area contributed by atoms with E-state index >= 15 is 0 Å². The molecule has 1 amide bonds. The lowest BCUT2D eigenvalue weighted by atomic mass is 10.0. The van der Waals surface area contributed by atoms with Crippen LogP contribution in [0.25, 0.3) is 0 Å². The first-order valence-corrected chi connectivity index (χ1v) is 9.16. The first-order valence-electron chi connectivity index (χ1n) is 9.16. The SMILES string of the molecule is CN=C(NCCNC(=O)c1cccc(OC)c1)N1CCc2ccccc2C1.I. The first-order chi connectivity index (χ1) is 13.2. The van der Waals surface area contributed by atoms with Crippen molar-refractivity contribution in [3.63, 3.8) is 0 Å². The Morgan fingerprint density at radius 3 is 2.61 bits per heavy atom. The largest absolute Gasteiger partial charge is 0.497 e. The lowest BCUT2D eigenvalue weighted by Crippen LogP contribution is -2.46. The van der Waals surface area contributed by atoms with Crippen LogP contribution in [-0.4, -0.2) is 50.6 Å². The summed E-state index contributed by atoms with van der Waals surface area (Å²) in [5.41, 5.74) is 3.35. The molecule has 2 aromatic carbocycles. The number of amides is 1. The molecule has 28 heavy (non-hydrogen) atoms. The minimum Gasteiger partial charge on any atom is -0.497 e. The van der Waals surface area contributed by atoms with Crippen molar-refractivity contribution in [3.8, 4) is 5.75 Å². The number of benzene rings is 2. The number of halogens is 1. The maximum atomic E-state index is 12.2. The van der Waals surface area contributed by atoms with Crippen molar-refractivity contribution in [1.29, 1.82) is 0 Å². The van der Waals surface area contributed by atoms with Gasteiger partial charge in [-0.05, 0) is 35.7 Å². The number of rotatable bonds is 5. The van der Waals surface area contributed by atoms with Crippen LogP contribution in [0.4, 0.5) is 0 Å². The second-order valence-corrected chi connectivity index (χ2v) is 6.40. The van der Waals surface area contributed by atoms with Gasteiger partial charge in [0.2, 0.25) is 0 Å². The third kappa shape index (κ3) is 5.60. The lowest BCUT2D eigenvalue weighted by molar-refractivity contribution is 0.0954. The highest BCUT2D eigenvalue weighted by Crippen LogP contribution is 2.18. The number of aliphatic imine (C=N–C) groups is 1. The average Bonchev–Trinajstić information content (AvgIpc) is 2.73. The minimum atomic E-state index is -0.113. The summed E-state index contributed by atoms with van der Waals surface area (Å²) in [7, 11) is 3.38. The van der Waals surface area contributed by atoms with Gasteiger partial charge >= 0.3 is 0 Å². The van der Waals surface area contributed by atoms with Gasteiger partial charge in [0.05, 0.1) is 7.11 Å². The predicted octanol–water partition coefficient (Wildman–Crippen LogP) is 2.68. The highest BCUT2D eigenvalue weighted by molar-refractivity contribution is 14.0. The Balaban J connectivity index is 0.00000280. The minimum absolute atomic E-state index is 0. The molecule has 0 saturated carbocycles. The Morgan fingerprint density at radius 2 is 1.86 bits per heavy atom. The number of methoxy groups -OCH3 is 1. The molecule has 150 valence electrons. The summed E-state index contributed by atoms with van der Waals surface area (Å²) in [6, 6.07) is 15.7. The van der Waals surface area contributed by atoms with E-state index in [2.05, 4.69) is 44.8 Å². The standard InChI is InChI=1S/C21H26N4O2.HI/c1-22-21(25-13-10-16-6-3-4-7-18(16)15-25)24-12-11-23-20(26)17-8-5-9-19(14-17)27-2;/h3-9,14H,10-13,15H2,1-2H3,(H,22,24)(H,23,26);1H. The Labute approximate surface area is 183 Å². The topological polar surface area (TPSA) is 66.0 Å². The van der Waals surface area contributed by atoms with E-state index in [1.54, 1.807) is 26.3 Å². The Bertz CT molecular complexity index is 826. The van der Waals surface area contributed by atoms with Gasteiger partial charge in [-0.25, -0.2) is 0 Å². The van der Waals surface area contributed by atoms with Crippen molar-refractivity contribution in [2.75, 3.05) is 33.8 Å². The number of carbonyl (C=O) groups excluding carboxylic acids is 1. The molecular formula is C21H27IN4O2. The van der Waals surface area contributed by atoms with Crippen molar-refractivity contribution in [3.05, 3.63) is 65.2 Å². The monoisotopic (exact) mass is 494 g/mol. The van der Waals surface area contributed by atoms with Gasteiger partial charge in [0, 0.05) is 38.8 Å². The Morgan fingerprint density at radius 1 is 1.11 bits per heavy atom. The molecule has 0 atom stereocenters. The molecule has 3 rings (SSSR count). The second kappa shape index (κ2) is 10.9. The van der Waals surface area contributed by atoms with Gasteiger partial charge in [0.15, 0.2) is 5.96 Å². The summed E-state index contributed by atoms with van der Waals surface area (Å²) in [5.74, 6) is 1.42. The van der Waals surface area contributed by atoms with E-state index < -0.39 is 0 Å². The maximum absolute atomic E-state index is 12.2. The Kier molecular flexibility index (Phi) is 8.56. The fourth-order valence-electron chi connectivity index (χ4n) is 3.23.